The van der Waals surface area contributed by atoms with Crippen molar-refractivity contribution in [3.05, 3.63) is 101 Å². The van der Waals surface area contributed by atoms with Gasteiger partial charge in [0.15, 0.2) is 17.2 Å². The van der Waals surface area contributed by atoms with Crippen LogP contribution in [0.1, 0.15) is 16.7 Å². The van der Waals surface area contributed by atoms with Crippen LogP contribution in [0.3, 0.4) is 0 Å². The Morgan fingerprint density at radius 3 is 2.39 bits per heavy atom. The first-order valence-electron chi connectivity index (χ1n) is 10.4. The molecule has 0 aliphatic carbocycles. The first kappa shape index (κ1) is 19.3. The molecule has 3 aliphatic rings. The molecule has 0 bridgehead atoms. The number of nitrogens with zero attached hydrogens (tertiary/aromatic N) is 1. The van der Waals surface area contributed by atoms with E-state index in [2.05, 4.69) is 4.99 Å². The summed E-state index contributed by atoms with van der Waals surface area (Å²) >= 11 is 0. The molecule has 33 heavy (non-hydrogen) atoms. The standard InChI is InChI=1S/C26H16FNO5/c27-19-7-3-1-6-17(19)25-28-24(26(29)33-25)18-14-22(32-20-8-4-2-5-16(18)20)15-9-10-21-23(13-15)31-12-11-30-21/h1-10,13-14H,11-12H2/b24-18-. The van der Waals surface area contributed by atoms with Crippen LogP contribution < -0.4 is 14.2 Å². The van der Waals surface area contributed by atoms with Gasteiger partial charge in [0.1, 0.15) is 30.5 Å². The third kappa shape index (κ3) is 3.34. The Balaban J connectivity index is 1.50. The molecular formula is C26H16FNO5. The Morgan fingerprint density at radius 2 is 1.55 bits per heavy atom. The maximum absolute atomic E-state index is 14.3. The average Bonchev–Trinajstić information content (AvgIpc) is 3.24. The lowest BCUT2D eigenvalue weighted by Gasteiger charge is -2.23. The lowest BCUT2D eigenvalue weighted by molar-refractivity contribution is -0.129. The van der Waals surface area contributed by atoms with Crippen molar-refractivity contribution in [3.63, 3.8) is 0 Å². The Bertz CT molecular complexity index is 1410. The van der Waals surface area contributed by atoms with Crippen molar-refractivity contribution >= 4 is 23.2 Å². The molecule has 3 heterocycles. The molecule has 6 rings (SSSR count). The summed E-state index contributed by atoms with van der Waals surface area (Å²) in [6.07, 6.45) is 1.73. The molecule has 0 saturated carbocycles. The number of carbonyl (C=O) groups is 1. The van der Waals surface area contributed by atoms with Crippen LogP contribution in [-0.4, -0.2) is 25.1 Å². The van der Waals surface area contributed by atoms with Crippen LogP contribution >= 0.6 is 0 Å². The topological polar surface area (TPSA) is 66.4 Å². The van der Waals surface area contributed by atoms with E-state index in [-0.39, 0.29) is 17.2 Å². The monoisotopic (exact) mass is 441 g/mol. The number of ether oxygens (including phenoxy) is 4. The van der Waals surface area contributed by atoms with E-state index in [9.17, 15) is 9.18 Å². The summed E-state index contributed by atoms with van der Waals surface area (Å²) in [6, 6.07) is 18.9. The predicted molar refractivity (Wildman–Crippen MR) is 118 cm³/mol. The van der Waals surface area contributed by atoms with E-state index < -0.39 is 11.8 Å². The molecule has 0 amide bonds. The van der Waals surface area contributed by atoms with Gasteiger partial charge < -0.3 is 18.9 Å². The van der Waals surface area contributed by atoms with Gasteiger partial charge in [0.05, 0.1) is 5.56 Å². The highest BCUT2D eigenvalue weighted by molar-refractivity contribution is 6.16. The number of aliphatic imine (C=N–C) groups is 1. The summed E-state index contributed by atoms with van der Waals surface area (Å²) in [6.45, 7) is 0.966. The third-order valence-electron chi connectivity index (χ3n) is 5.45. The highest BCUT2D eigenvalue weighted by atomic mass is 19.1. The minimum atomic E-state index is -0.655. The second-order valence-corrected chi connectivity index (χ2v) is 7.51. The first-order chi connectivity index (χ1) is 16.2. The smallest absolute Gasteiger partial charge is 0.364 e. The molecule has 3 aromatic rings. The number of hydrogen-bond acceptors (Lipinski definition) is 6. The van der Waals surface area contributed by atoms with Crippen molar-refractivity contribution in [1.29, 1.82) is 0 Å². The molecule has 0 unspecified atom stereocenters. The second kappa shape index (κ2) is 7.63. The number of benzene rings is 3. The van der Waals surface area contributed by atoms with Gasteiger partial charge in [-0.15, -0.1) is 0 Å². The molecule has 0 saturated heterocycles. The SMILES string of the molecule is O=C1OC(c2ccccc2F)=N/C1=C1/C=C(c2ccc3c(c2)OCCO3)Oc2ccccc21. The van der Waals surface area contributed by atoms with Gasteiger partial charge in [-0.05, 0) is 42.5 Å². The molecule has 0 spiro atoms. The van der Waals surface area contributed by atoms with Gasteiger partial charge in [-0.3, -0.25) is 0 Å². The molecular weight excluding hydrogens is 425 g/mol. The zero-order chi connectivity index (χ0) is 22.4. The van der Waals surface area contributed by atoms with E-state index in [1.54, 1.807) is 18.2 Å². The maximum atomic E-state index is 14.3. The maximum Gasteiger partial charge on any atom is 0.364 e. The number of esters is 1. The van der Waals surface area contributed by atoms with Gasteiger partial charge in [0.25, 0.3) is 0 Å². The quantitative estimate of drug-likeness (QED) is 0.424. The van der Waals surface area contributed by atoms with E-state index in [4.69, 9.17) is 18.9 Å². The minimum Gasteiger partial charge on any atom is -0.486 e. The zero-order valence-electron chi connectivity index (χ0n) is 17.2. The fraction of sp³-hybridized carbons (Fsp3) is 0.0769. The first-order valence-corrected chi connectivity index (χ1v) is 10.4. The van der Waals surface area contributed by atoms with Crippen molar-refractivity contribution in [3.8, 4) is 17.2 Å². The van der Waals surface area contributed by atoms with Gasteiger partial charge in [-0.1, -0.05) is 30.3 Å². The normalized spacial score (nSPS) is 18.6. The van der Waals surface area contributed by atoms with Gasteiger partial charge in [0.2, 0.25) is 5.90 Å². The Kier molecular flexibility index (Phi) is 4.47. The number of hydrogen-bond donors (Lipinski definition) is 0. The van der Waals surface area contributed by atoms with Gasteiger partial charge in [-0.2, -0.15) is 0 Å². The van der Waals surface area contributed by atoms with Crippen LogP contribution in [0.4, 0.5) is 4.39 Å². The van der Waals surface area contributed by atoms with Gasteiger partial charge >= 0.3 is 5.97 Å². The van der Waals surface area contributed by atoms with E-state index in [0.29, 0.717) is 47.4 Å². The molecule has 162 valence electrons. The summed E-state index contributed by atoms with van der Waals surface area (Å²) < 4.78 is 37.0. The van der Waals surface area contributed by atoms with Crippen LogP contribution in [0.25, 0.3) is 11.3 Å². The molecule has 6 nitrogen and oxygen atoms in total. The highest BCUT2D eigenvalue weighted by Crippen LogP contribution is 2.41. The van der Waals surface area contributed by atoms with Crippen LogP contribution in [0.5, 0.6) is 17.2 Å². The largest absolute Gasteiger partial charge is 0.486 e. The number of rotatable bonds is 2. The third-order valence-corrected chi connectivity index (χ3v) is 5.45. The van der Waals surface area contributed by atoms with Gasteiger partial charge in [-0.25, -0.2) is 14.2 Å². The lowest BCUT2D eigenvalue weighted by atomic mass is 9.97. The highest BCUT2D eigenvalue weighted by Gasteiger charge is 2.31. The van der Waals surface area contributed by atoms with Crippen LogP contribution in [0.2, 0.25) is 0 Å². The second-order valence-electron chi connectivity index (χ2n) is 7.51. The minimum absolute atomic E-state index is 0.0705. The number of carbonyl (C=O) groups excluding carboxylic acids is 1. The number of halogens is 1. The number of allylic oxidation sites excluding steroid dienone is 2. The van der Waals surface area contributed by atoms with Crippen molar-refractivity contribution in [2.24, 2.45) is 4.99 Å². The molecule has 3 aliphatic heterocycles. The fourth-order valence-electron chi connectivity index (χ4n) is 3.90. The van der Waals surface area contributed by atoms with Gasteiger partial charge in [0, 0.05) is 16.7 Å². The van der Waals surface area contributed by atoms with Crippen molar-refractivity contribution in [1.82, 2.24) is 0 Å². The van der Waals surface area contributed by atoms with Crippen LogP contribution in [-0.2, 0) is 9.53 Å². The molecule has 3 aromatic carbocycles. The van der Waals surface area contributed by atoms with Crippen molar-refractivity contribution in [2.75, 3.05) is 13.2 Å². The molecule has 7 heteroatoms. The molecule has 0 atom stereocenters. The van der Waals surface area contributed by atoms with Crippen molar-refractivity contribution in [2.45, 2.75) is 0 Å². The summed E-state index contributed by atoms with van der Waals surface area (Å²) in [5.74, 6) is 1.12. The molecule has 0 fully saturated rings. The average molecular weight is 441 g/mol. The van der Waals surface area contributed by atoms with E-state index >= 15 is 0 Å². The summed E-state index contributed by atoms with van der Waals surface area (Å²) in [7, 11) is 0. The fourth-order valence-corrected chi connectivity index (χ4v) is 3.90. The van der Waals surface area contributed by atoms with E-state index in [1.807, 2.05) is 42.5 Å². The lowest BCUT2D eigenvalue weighted by Crippen LogP contribution is -2.15. The molecule has 0 N–H and O–H groups in total. The summed E-state index contributed by atoms with van der Waals surface area (Å²) in [5.41, 5.74) is 2.16. The van der Waals surface area contributed by atoms with Crippen molar-refractivity contribution < 1.29 is 28.1 Å². The van der Waals surface area contributed by atoms with E-state index in [1.165, 1.54) is 12.1 Å². The Labute approximate surface area is 188 Å². The van der Waals surface area contributed by atoms with Crippen LogP contribution in [0, 0.1) is 5.82 Å². The zero-order valence-corrected chi connectivity index (χ0v) is 17.2. The number of para-hydroxylation sites is 1. The van der Waals surface area contributed by atoms with Crippen LogP contribution in [0.15, 0.2) is 83.5 Å². The number of fused-ring (bicyclic) bond motifs is 2. The molecule has 0 aromatic heterocycles. The predicted octanol–water partition coefficient (Wildman–Crippen LogP) is 4.75. The Morgan fingerprint density at radius 1 is 0.788 bits per heavy atom. The Hall–Kier alpha value is -4.39. The van der Waals surface area contributed by atoms with E-state index in [0.717, 1.165) is 5.56 Å². The summed E-state index contributed by atoms with van der Waals surface area (Å²) in [5, 5.41) is 0. The number of cyclic esters (lactones) is 1. The summed E-state index contributed by atoms with van der Waals surface area (Å²) in [4.78, 5) is 17.2. The molecule has 0 radical (unpaired) electrons.